The molecule has 0 radical (unpaired) electrons. The number of aryl methyl sites for hydroxylation is 2. The molecule has 1 aliphatic carbocycles. The fourth-order valence-electron chi connectivity index (χ4n) is 4.56. The molecule has 2 N–H and O–H groups in total. The van der Waals surface area contributed by atoms with Gasteiger partial charge in [0.2, 0.25) is 5.95 Å². The van der Waals surface area contributed by atoms with Crippen LogP contribution in [0.25, 0.3) is 0 Å². The first-order chi connectivity index (χ1) is 19.4. The van der Waals surface area contributed by atoms with Gasteiger partial charge in [-0.1, -0.05) is 39.0 Å². The number of nitrogens with one attached hydrogen (secondary N) is 2. The molecule has 3 aromatic heterocycles. The highest BCUT2D eigenvalue weighted by Crippen LogP contribution is 2.39. The maximum atomic E-state index is 13.0. The summed E-state index contributed by atoms with van der Waals surface area (Å²) in [5.41, 5.74) is 2.15. The van der Waals surface area contributed by atoms with E-state index in [-0.39, 0.29) is 5.92 Å². The number of para-hydroxylation sites is 1. The van der Waals surface area contributed by atoms with E-state index in [9.17, 15) is 18.0 Å². The Morgan fingerprint density at radius 1 is 1.12 bits per heavy atom. The minimum absolute atomic E-state index is 0.219. The molecule has 1 fully saturated rings. The van der Waals surface area contributed by atoms with Crippen LogP contribution in [0.1, 0.15) is 84.2 Å². The average molecular weight is 585 g/mol. The third-order valence-electron chi connectivity index (χ3n) is 6.46. The number of benzene rings is 1. The number of aromatic nitrogens is 4. The van der Waals surface area contributed by atoms with Crippen LogP contribution in [0, 0.1) is 12.8 Å². The predicted molar refractivity (Wildman–Crippen MR) is 157 cm³/mol. The smallest absolute Gasteiger partial charge is 0.324 e. The molecule has 1 atom stereocenters. The molecule has 1 saturated carbocycles. The zero-order valence-electron chi connectivity index (χ0n) is 23.8. The minimum atomic E-state index is -4.67. The molecule has 0 aliphatic heterocycles. The van der Waals surface area contributed by atoms with Crippen LogP contribution in [-0.4, -0.2) is 25.7 Å². The molecule has 218 valence electrons. The maximum Gasteiger partial charge on any atom is 0.435 e. The second-order valence-corrected chi connectivity index (χ2v) is 11.7. The van der Waals surface area contributed by atoms with E-state index in [0.29, 0.717) is 23.5 Å². The monoisotopic (exact) mass is 584 g/mol. The number of carbonyl (C=O) groups excluding carboxylic acids is 1. The quantitative estimate of drug-likeness (QED) is 0.218. The van der Waals surface area contributed by atoms with E-state index in [1.165, 1.54) is 36.9 Å². The highest BCUT2D eigenvalue weighted by atomic mass is 32.1. The number of alkyl halides is 3. The summed E-state index contributed by atoms with van der Waals surface area (Å²) < 4.78 is 40.0. The number of hydrogen-bond acceptors (Lipinski definition) is 6. The van der Waals surface area contributed by atoms with Crippen LogP contribution >= 0.6 is 11.3 Å². The number of halogens is 3. The first kappa shape index (κ1) is 30.2. The zero-order valence-corrected chi connectivity index (χ0v) is 24.6. The number of hydrogen-bond donors (Lipinski definition) is 2. The number of rotatable bonds is 8. The molecule has 1 aliphatic rings. The van der Waals surface area contributed by atoms with Crippen molar-refractivity contribution in [2.75, 3.05) is 10.6 Å². The van der Waals surface area contributed by atoms with Crippen LogP contribution in [0.5, 0.6) is 0 Å². The van der Waals surface area contributed by atoms with E-state index in [2.05, 4.69) is 45.6 Å². The van der Waals surface area contributed by atoms with Gasteiger partial charge in [-0.2, -0.15) is 18.3 Å². The van der Waals surface area contributed by atoms with Gasteiger partial charge in [0, 0.05) is 41.1 Å². The van der Waals surface area contributed by atoms with Gasteiger partial charge < -0.3 is 10.6 Å². The minimum Gasteiger partial charge on any atom is -0.324 e. The Morgan fingerprint density at radius 2 is 1.83 bits per heavy atom. The predicted octanol–water partition coefficient (Wildman–Crippen LogP) is 8.31. The van der Waals surface area contributed by atoms with Crippen LogP contribution in [0.2, 0.25) is 0 Å². The summed E-state index contributed by atoms with van der Waals surface area (Å²) >= 11 is 1.49. The molecule has 7 nitrogen and oxygen atoms in total. The molecule has 0 bridgehead atoms. The van der Waals surface area contributed by atoms with E-state index in [4.69, 9.17) is 0 Å². The van der Waals surface area contributed by atoms with Crippen LogP contribution in [-0.2, 0) is 13.2 Å². The van der Waals surface area contributed by atoms with E-state index < -0.39 is 23.3 Å². The van der Waals surface area contributed by atoms with Gasteiger partial charge in [-0.25, -0.2) is 9.97 Å². The molecule has 4 aromatic rings. The maximum absolute atomic E-state index is 13.0. The molecular weight excluding hydrogens is 549 g/mol. The highest BCUT2D eigenvalue weighted by Gasteiger charge is 2.39. The Kier molecular flexibility index (Phi) is 9.47. The molecule has 0 saturated heterocycles. The van der Waals surface area contributed by atoms with Gasteiger partial charge >= 0.3 is 6.18 Å². The van der Waals surface area contributed by atoms with Crippen LogP contribution in [0.4, 0.5) is 30.5 Å². The Labute approximate surface area is 242 Å². The van der Waals surface area contributed by atoms with Crippen molar-refractivity contribution < 1.29 is 18.0 Å². The largest absolute Gasteiger partial charge is 0.435 e. The molecule has 1 aromatic carbocycles. The van der Waals surface area contributed by atoms with Gasteiger partial charge in [0.05, 0.1) is 11.3 Å². The van der Waals surface area contributed by atoms with Crippen LogP contribution in [0.3, 0.4) is 0 Å². The third kappa shape index (κ3) is 8.39. The number of nitrogens with zero attached hydrogens (tertiary/aromatic N) is 4. The lowest BCUT2D eigenvalue weighted by molar-refractivity contribution is -0.141. The third-order valence-corrected chi connectivity index (χ3v) is 7.61. The van der Waals surface area contributed by atoms with Crippen molar-refractivity contribution in [3.63, 3.8) is 0 Å². The van der Waals surface area contributed by atoms with Crippen LogP contribution < -0.4 is 10.6 Å². The molecular formula is C30H35F3N6OS. The lowest BCUT2D eigenvalue weighted by Gasteiger charge is -2.15. The molecule has 1 unspecified atom stereocenters. The number of anilines is 3. The summed E-state index contributed by atoms with van der Waals surface area (Å²) in [5.74, 6) is 1.27. The summed E-state index contributed by atoms with van der Waals surface area (Å²) in [6.07, 6.45) is -0.120. The van der Waals surface area contributed by atoms with Crippen molar-refractivity contribution in [3.05, 3.63) is 81.6 Å². The van der Waals surface area contributed by atoms with Gasteiger partial charge in [0.25, 0.3) is 5.91 Å². The normalized spacial score (nSPS) is 13.9. The molecule has 3 heterocycles. The van der Waals surface area contributed by atoms with Crippen molar-refractivity contribution in [1.29, 1.82) is 0 Å². The van der Waals surface area contributed by atoms with E-state index in [1.807, 2.05) is 49.6 Å². The first-order valence-electron chi connectivity index (χ1n) is 13.6. The molecule has 41 heavy (non-hydrogen) atoms. The Balaban J connectivity index is 0.000000199. The standard InChI is InChI=1S/C16H20F3N3OS.C14H15N3/c1-9(2)7-10(3)13-12(5-6-24-13)20-15(23)11-8-22(4)21-14(11)16(17,18)19;1-10-9-13(11-7-8-11)17-14(15-10)16-12-5-3-2-4-6-12/h5-6,8-10H,7H2,1-4H3,(H,20,23);2-6,9,11H,7-8H2,1H3,(H,15,16,17). The lowest BCUT2D eigenvalue weighted by atomic mass is 9.97. The average Bonchev–Trinajstić information content (AvgIpc) is 3.51. The molecule has 0 spiro atoms. The van der Waals surface area contributed by atoms with Crippen molar-refractivity contribution in [1.82, 2.24) is 19.7 Å². The topological polar surface area (TPSA) is 84.7 Å². The summed E-state index contributed by atoms with van der Waals surface area (Å²) in [6, 6.07) is 13.8. The number of thiophene rings is 1. The van der Waals surface area contributed by atoms with Gasteiger partial charge in [-0.15, -0.1) is 11.3 Å². The fraction of sp³-hybridized carbons (Fsp3) is 0.400. The van der Waals surface area contributed by atoms with Crippen molar-refractivity contribution in [2.45, 2.75) is 65.0 Å². The SMILES string of the molecule is CC(C)CC(C)c1sccc1NC(=O)c1cn(C)nc1C(F)(F)F.Cc1cc(C2CC2)nc(Nc2ccccc2)n1. The second kappa shape index (κ2) is 12.8. The van der Waals surface area contributed by atoms with Gasteiger partial charge in [0.15, 0.2) is 5.69 Å². The van der Waals surface area contributed by atoms with E-state index in [1.54, 1.807) is 6.07 Å². The van der Waals surface area contributed by atoms with Crippen molar-refractivity contribution >= 4 is 34.6 Å². The summed E-state index contributed by atoms with van der Waals surface area (Å²) in [7, 11) is 1.35. The molecule has 5 rings (SSSR count). The van der Waals surface area contributed by atoms with Crippen molar-refractivity contribution in [3.8, 4) is 0 Å². The zero-order chi connectivity index (χ0) is 29.7. The summed E-state index contributed by atoms with van der Waals surface area (Å²) in [6.45, 7) is 8.28. The summed E-state index contributed by atoms with van der Waals surface area (Å²) in [4.78, 5) is 22.3. The molecule has 11 heteroatoms. The van der Waals surface area contributed by atoms with E-state index >= 15 is 0 Å². The lowest BCUT2D eigenvalue weighted by Crippen LogP contribution is -2.18. The Bertz CT molecular complexity index is 1460. The number of carbonyl (C=O) groups is 1. The van der Waals surface area contributed by atoms with Crippen LogP contribution in [0.15, 0.2) is 54.0 Å². The summed E-state index contributed by atoms with van der Waals surface area (Å²) in [5, 5.41) is 11.0. The molecule has 1 amide bonds. The van der Waals surface area contributed by atoms with Crippen molar-refractivity contribution in [2.24, 2.45) is 13.0 Å². The Hall–Kier alpha value is -3.73. The highest BCUT2D eigenvalue weighted by molar-refractivity contribution is 7.10. The second-order valence-electron chi connectivity index (χ2n) is 10.8. The van der Waals surface area contributed by atoms with Gasteiger partial charge in [-0.05, 0) is 67.7 Å². The van der Waals surface area contributed by atoms with Gasteiger partial charge in [0.1, 0.15) is 0 Å². The fourth-order valence-corrected chi connectivity index (χ4v) is 5.49. The first-order valence-corrected chi connectivity index (χ1v) is 14.5. The van der Waals surface area contributed by atoms with Gasteiger partial charge in [-0.3, -0.25) is 9.48 Å². The van der Waals surface area contributed by atoms with E-state index in [0.717, 1.165) is 33.6 Å². The number of amides is 1. The Morgan fingerprint density at radius 3 is 2.46 bits per heavy atom.